The van der Waals surface area contributed by atoms with Crippen molar-refractivity contribution < 1.29 is 22.7 Å². The first-order valence-electron chi connectivity index (χ1n) is 10.1. The van der Waals surface area contributed by atoms with Gasteiger partial charge in [0.25, 0.3) is 5.91 Å². The number of sulfonamides is 1. The zero-order valence-electron chi connectivity index (χ0n) is 18.2. The maximum absolute atomic E-state index is 12.7. The van der Waals surface area contributed by atoms with Crippen LogP contribution in [0.2, 0.25) is 0 Å². The van der Waals surface area contributed by atoms with Crippen LogP contribution >= 0.6 is 11.8 Å². The van der Waals surface area contributed by atoms with Crippen molar-refractivity contribution in [2.24, 2.45) is 0 Å². The highest BCUT2D eigenvalue weighted by Crippen LogP contribution is 2.09. The zero-order chi connectivity index (χ0) is 23.4. The number of hydrogen-bond donors (Lipinski definition) is 3. The minimum atomic E-state index is -3.34. The number of amides is 2. The van der Waals surface area contributed by atoms with E-state index in [1.807, 2.05) is 24.5 Å². The third-order valence-corrected chi connectivity index (χ3v) is 6.51. The molecular weight excluding hydrogens is 450 g/mol. The molecule has 2 amide bonds. The molecule has 2 rings (SSSR count). The third kappa shape index (κ3) is 9.29. The first kappa shape index (κ1) is 25.7. The van der Waals surface area contributed by atoms with Gasteiger partial charge in [0, 0.05) is 6.54 Å². The molecule has 0 unspecified atom stereocenters. The second kappa shape index (κ2) is 13.1. The van der Waals surface area contributed by atoms with Gasteiger partial charge in [0.15, 0.2) is 6.61 Å². The van der Waals surface area contributed by atoms with Crippen LogP contribution in [0.25, 0.3) is 0 Å². The Morgan fingerprint density at radius 3 is 2.31 bits per heavy atom. The molecule has 0 saturated heterocycles. The van der Waals surface area contributed by atoms with Crippen LogP contribution in [-0.2, 0) is 31.9 Å². The lowest BCUT2D eigenvalue weighted by molar-refractivity contribution is -0.130. The lowest BCUT2D eigenvalue weighted by atomic mass is 10.1. The Morgan fingerprint density at radius 2 is 1.69 bits per heavy atom. The van der Waals surface area contributed by atoms with E-state index in [-0.39, 0.29) is 30.7 Å². The molecule has 10 heteroatoms. The second-order valence-electron chi connectivity index (χ2n) is 7.00. The molecule has 0 aliphatic heterocycles. The number of benzene rings is 2. The summed E-state index contributed by atoms with van der Waals surface area (Å²) in [6, 6.07) is 15.3. The number of carbonyl (C=O) groups excluding carboxylic acids is 2. The molecule has 2 aromatic carbocycles. The lowest BCUT2D eigenvalue weighted by Gasteiger charge is -2.18. The Morgan fingerprint density at radius 1 is 1.03 bits per heavy atom. The highest BCUT2D eigenvalue weighted by atomic mass is 32.2. The molecule has 0 heterocycles. The van der Waals surface area contributed by atoms with Crippen molar-refractivity contribution >= 4 is 33.6 Å². The van der Waals surface area contributed by atoms with Crippen LogP contribution in [-0.4, -0.2) is 51.9 Å². The van der Waals surface area contributed by atoms with E-state index >= 15 is 0 Å². The van der Waals surface area contributed by atoms with E-state index in [1.54, 1.807) is 48.2 Å². The van der Waals surface area contributed by atoms with Crippen LogP contribution in [0.5, 0.6) is 5.75 Å². The van der Waals surface area contributed by atoms with Crippen LogP contribution < -0.4 is 20.1 Å². The summed E-state index contributed by atoms with van der Waals surface area (Å²) in [4.78, 5) is 24.9. The SMILES string of the molecule is CNS(=O)(=O)Cc1ccc(CNC(=O)[C@@H](CCSC)NC(=O)COc2ccccc2)cc1. The van der Waals surface area contributed by atoms with Crippen LogP contribution in [0, 0.1) is 0 Å². The summed E-state index contributed by atoms with van der Waals surface area (Å²) < 4.78 is 31.0. The maximum atomic E-state index is 12.7. The summed E-state index contributed by atoms with van der Waals surface area (Å²) in [7, 11) is -1.96. The van der Waals surface area contributed by atoms with Gasteiger partial charge in [-0.1, -0.05) is 42.5 Å². The number of thioether (sulfide) groups is 1. The van der Waals surface area contributed by atoms with Gasteiger partial charge in [0.2, 0.25) is 15.9 Å². The smallest absolute Gasteiger partial charge is 0.258 e. The summed E-state index contributed by atoms with van der Waals surface area (Å²) >= 11 is 1.59. The van der Waals surface area contributed by atoms with Crippen molar-refractivity contribution in [2.75, 3.05) is 25.7 Å². The van der Waals surface area contributed by atoms with Crippen LogP contribution in [0.1, 0.15) is 17.5 Å². The normalized spacial score (nSPS) is 12.1. The van der Waals surface area contributed by atoms with E-state index in [0.717, 1.165) is 5.56 Å². The summed E-state index contributed by atoms with van der Waals surface area (Å²) in [5.41, 5.74) is 1.48. The summed E-state index contributed by atoms with van der Waals surface area (Å²) in [6.45, 7) is 0.0914. The first-order valence-corrected chi connectivity index (χ1v) is 13.1. The average molecular weight is 480 g/mol. The van der Waals surface area contributed by atoms with E-state index in [0.29, 0.717) is 23.5 Å². The Labute approximate surface area is 193 Å². The summed E-state index contributed by atoms with van der Waals surface area (Å²) in [6.07, 6.45) is 2.43. The first-order chi connectivity index (χ1) is 15.3. The number of hydrogen-bond acceptors (Lipinski definition) is 6. The van der Waals surface area contributed by atoms with Crippen molar-refractivity contribution in [1.29, 1.82) is 0 Å². The highest BCUT2D eigenvalue weighted by molar-refractivity contribution is 7.98. The van der Waals surface area contributed by atoms with Gasteiger partial charge >= 0.3 is 0 Å². The zero-order valence-corrected chi connectivity index (χ0v) is 19.8. The largest absolute Gasteiger partial charge is 0.484 e. The number of para-hydroxylation sites is 1. The highest BCUT2D eigenvalue weighted by Gasteiger charge is 2.20. The fourth-order valence-corrected chi connectivity index (χ4v) is 4.01. The van der Waals surface area contributed by atoms with Crippen molar-refractivity contribution in [3.63, 3.8) is 0 Å². The topological polar surface area (TPSA) is 114 Å². The number of rotatable bonds is 13. The Kier molecular flexibility index (Phi) is 10.5. The minimum absolute atomic E-state index is 0.107. The van der Waals surface area contributed by atoms with Gasteiger partial charge in [0.1, 0.15) is 11.8 Å². The minimum Gasteiger partial charge on any atom is -0.484 e. The molecule has 0 spiro atoms. The quantitative estimate of drug-likeness (QED) is 0.403. The average Bonchev–Trinajstić information content (AvgIpc) is 2.80. The third-order valence-electron chi connectivity index (χ3n) is 4.53. The summed E-state index contributed by atoms with van der Waals surface area (Å²) in [5.74, 6) is 0.536. The lowest BCUT2D eigenvalue weighted by Crippen LogP contribution is -2.48. The molecule has 1 atom stereocenters. The van der Waals surface area contributed by atoms with Gasteiger partial charge in [-0.3, -0.25) is 9.59 Å². The molecule has 0 saturated carbocycles. The van der Waals surface area contributed by atoms with Gasteiger partial charge in [0.05, 0.1) is 5.75 Å². The Bertz CT molecular complexity index is 967. The van der Waals surface area contributed by atoms with E-state index in [1.165, 1.54) is 7.05 Å². The van der Waals surface area contributed by atoms with Crippen LogP contribution in [0.4, 0.5) is 0 Å². The van der Waals surface area contributed by atoms with E-state index in [9.17, 15) is 18.0 Å². The van der Waals surface area contributed by atoms with Gasteiger partial charge < -0.3 is 15.4 Å². The van der Waals surface area contributed by atoms with E-state index in [4.69, 9.17) is 4.74 Å². The van der Waals surface area contributed by atoms with Crippen molar-refractivity contribution in [1.82, 2.24) is 15.4 Å². The Balaban J connectivity index is 1.87. The van der Waals surface area contributed by atoms with Crippen LogP contribution in [0.15, 0.2) is 54.6 Å². The standard InChI is InChI=1S/C22H29N3O5S2/c1-23-32(28,29)16-18-10-8-17(9-11-18)14-24-22(27)20(12-13-31-2)25-21(26)15-30-19-6-4-3-5-7-19/h3-11,20,23H,12-16H2,1-2H3,(H,24,27)(H,25,26)/t20-/m1/s1. The van der Waals surface area contributed by atoms with Crippen molar-refractivity contribution in [2.45, 2.75) is 24.8 Å². The number of nitrogens with one attached hydrogen (secondary N) is 3. The molecule has 32 heavy (non-hydrogen) atoms. The second-order valence-corrected chi connectivity index (χ2v) is 9.91. The monoisotopic (exact) mass is 479 g/mol. The van der Waals surface area contributed by atoms with Gasteiger partial charge in [-0.05, 0) is 48.7 Å². The number of ether oxygens (including phenoxy) is 1. The van der Waals surface area contributed by atoms with Gasteiger partial charge in [-0.25, -0.2) is 13.1 Å². The molecule has 8 nitrogen and oxygen atoms in total. The van der Waals surface area contributed by atoms with E-state index < -0.39 is 16.1 Å². The summed E-state index contributed by atoms with van der Waals surface area (Å²) in [5, 5.41) is 5.57. The molecule has 0 fully saturated rings. The molecule has 0 radical (unpaired) electrons. The molecule has 0 aromatic heterocycles. The molecule has 3 N–H and O–H groups in total. The van der Waals surface area contributed by atoms with Crippen LogP contribution in [0.3, 0.4) is 0 Å². The fourth-order valence-electron chi connectivity index (χ4n) is 2.76. The molecule has 0 bridgehead atoms. The molecule has 0 aliphatic carbocycles. The van der Waals surface area contributed by atoms with Gasteiger partial charge in [-0.15, -0.1) is 0 Å². The Hall–Kier alpha value is -2.56. The maximum Gasteiger partial charge on any atom is 0.258 e. The molecular formula is C22H29N3O5S2. The fraction of sp³-hybridized carbons (Fsp3) is 0.364. The predicted octanol–water partition coefficient (Wildman–Crippen LogP) is 1.67. The molecule has 0 aliphatic rings. The number of carbonyl (C=O) groups is 2. The van der Waals surface area contributed by atoms with Crippen molar-refractivity contribution in [3.05, 3.63) is 65.7 Å². The van der Waals surface area contributed by atoms with E-state index in [2.05, 4.69) is 15.4 Å². The van der Waals surface area contributed by atoms with Crippen molar-refractivity contribution in [3.8, 4) is 5.75 Å². The van der Waals surface area contributed by atoms with Gasteiger partial charge in [-0.2, -0.15) is 11.8 Å². The molecule has 174 valence electrons. The molecule has 2 aromatic rings. The predicted molar refractivity (Wildman–Crippen MR) is 127 cm³/mol.